The van der Waals surface area contributed by atoms with Gasteiger partial charge in [0, 0.05) is 5.02 Å². The van der Waals surface area contributed by atoms with Crippen molar-refractivity contribution in [1.82, 2.24) is 0 Å². The number of sulfonamides is 1. The molecular weight excluding hydrogens is 320 g/mol. The van der Waals surface area contributed by atoms with E-state index < -0.39 is 15.9 Å². The first-order chi connectivity index (χ1) is 7.34. The van der Waals surface area contributed by atoms with Crippen LogP contribution in [0.5, 0.6) is 0 Å². The molecule has 1 rings (SSSR count). The van der Waals surface area contributed by atoms with Gasteiger partial charge in [-0.1, -0.05) is 27.5 Å². The Bertz CT molecular complexity index is 518. The highest BCUT2D eigenvalue weighted by Crippen LogP contribution is 2.24. The zero-order valence-corrected chi connectivity index (χ0v) is 11.1. The molecule has 88 valence electrons. The van der Waals surface area contributed by atoms with E-state index in [0.29, 0.717) is 5.02 Å². The molecule has 0 aliphatic heterocycles. The van der Waals surface area contributed by atoms with E-state index in [2.05, 4.69) is 21.2 Å². The van der Waals surface area contributed by atoms with Gasteiger partial charge in [-0.3, -0.25) is 4.79 Å². The monoisotopic (exact) mass is 326 g/mol. The summed E-state index contributed by atoms with van der Waals surface area (Å²) in [6.45, 7) is 0. The fourth-order valence-electron chi connectivity index (χ4n) is 1.03. The van der Waals surface area contributed by atoms with Crippen LogP contribution >= 0.6 is 27.5 Å². The van der Waals surface area contributed by atoms with Crippen LogP contribution in [-0.2, 0) is 14.8 Å². The van der Waals surface area contributed by atoms with Gasteiger partial charge >= 0.3 is 0 Å². The van der Waals surface area contributed by atoms with Crippen LogP contribution in [0.1, 0.15) is 0 Å². The highest BCUT2D eigenvalue weighted by molar-refractivity contribution is 9.09. The van der Waals surface area contributed by atoms with E-state index in [4.69, 9.17) is 16.7 Å². The number of hydrogen-bond acceptors (Lipinski definition) is 3. The number of anilines is 1. The molecule has 16 heavy (non-hydrogen) atoms. The Morgan fingerprint density at radius 2 is 2.12 bits per heavy atom. The summed E-state index contributed by atoms with van der Waals surface area (Å²) >= 11 is 8.63. The Morgan fingerprint density at radius 3 is 2.62 bits per heavy atom. The zero-order chi connectivity index (χ0) is 12.3. The number of halogens is 2. The van der Waals surface area contributed by atoms with Gasteiger partial charge in [0.05, 0.1) is 11.0 Å². The molecule has 0 aromatic heterocycles. The van der Waals surface area contributed by atoms with Crippen molar-refractivity contribution < 1.29 is 13.2 Å². The van der Waals surface area contributed by atoms with Crippen LogP contribution in [0.25, 0.3) is 0 Å². The smallest absolute Gasteiger partial charge is 0.240 e. The molecule has 8 heteroatoms. The number of nitrogens with two attached hydrogens (primary N) is 1. The van der Waals surface area contributed by atoms with Gasteiger partial charge in [-0.25, -0.2) is 13.6 Å². The normalized spacial score (nSPS) is 11.2. The number of carbonyl (C=O) groups excluding carboxylic acids is 1. The Labute approximate surface area is 106 Å². The lowest BCUT2D eigenvalue weighted by Gasteiger charge is -2.08. The van der Waals surface area contributed by atoms with E-state index in [1.807, 2.05) is 0 Å². The number of alkyl halides is 1. The van der Waals surface area contributed by atoms with Crippen molar-refractivity contribution in [3.05, 3.63) is 23.2 Å². The van der Waals surface area contributed by atoms with Crippen molar-refractivity contribution in [2.45, 2.75) is 4.90 Å². The van der Waals surface area contributed by atoms with E-state index in [1.165, 1.54) is 18.2 Å². The highest BCUT2D eigenvalue weighted by atomic mass is 79.9. The van der Waals surface area contributed by atoms with Gasteiger partial charge in [0.25, 0.3) is 0 Å². The number of carbonyl (C=O) groups is 1. The minimum atomic E-state index is -3.89. The van der Waals surface area contributed by atoms with Crippen LogP contribution < -0.4 is 10.5 Å². The quantitative estimate of drug-likeness (QED) is 0.821. The molecule has 0 unspecified atom stereocenters. The average molecular weight is 328 g/mol. The lowest BCUT2D eigenvalue weighted by Crippen LogP contribution is -2.18. The van der Waals surface area contributed by atoms with E-state index in [-0.39, 0.29) is 15.9 Å². The summed E-state index contributed by atoms with van der Waals surface area (Å²) in [6.07, 6.45) is 0. The van der Waals surface area contributed by atoms with Crippen molar-refractivity contribution in [1.29, 1.82) is 0 Å². The molecule has 0 atom stereocenters. The average Bonchev–Trinajstić information content (AvgIpc) is 2.15. The zero-order valence-electron chi connectivity index (χ0n) is 7.91. The molecule has 0 radical (unpaired) electrons. The van der Waals surface area contributed by atoms with Crippen molar-refractivity contribution in [2.75, 3.05) is 10.6 Å². The van der Waals surface area contributed by atoms with E-state index >= 15 is 0 Å². The maximum absolute atomic E-state index is 11.2. The minimum absolute atomic E-state index is 0.0452. The summed E-state index contributed by atoms with van der Waals surface area (Å²) in [7, 11) is -3.89. The van der Waals surface area contributed by atoms with Crippen molar-refractivity contribution >= 4 is 49.1 Å². The summed E-state index contributed by atoms with van der Waals surface area (Å²) in [6, 6.07) is 3.94. The van der Waals surface area contributed by atoms with Crippen molar-refractivity contribution in [3.63, 3.8) is 0 Å². The van der Waals surface area contributed by atoms with Crippen molar-refractivity contribution in [3.8, 4) is 0 Å². The van der Waals surface area contributed by atoms with Crippen LogP contribution in [0.3, 0.4) is 0 Å². The molecular formula is C8H8BrClN2O3S. The van der Waals surface area contributed by atoms with E-state index in [9.17, 15) is 13.2 Å². The number of amides is 1. The van der Waals surface area contributed by atoms with E-state index in [0.717, 1.165) is 0 Å². The van der Waals surface area contributed by atoms with Gasteiger partial charge in [0.15, 0.2) is 0 Å². The molecule has 0 aliphatic carbocycles. The first kappa shape index (κ1) is 13.4. The van der Waals surface area contributed by atoms with Crippen LogP contribution in [0.4, 0.5) is 5.69 Å². The molecule has 1 amide bonds. The number of hydrogen-bond donors (Lipinski definition) is 2. The molecule has 0 fully saturated rings. The number of nitrogens with one attached hydrogen (secondary N) is 1. The fourth-order valence-corrected chi connectivity index (χ4v) is 2.02. The Morgan fingerprint density at radius 1 is 1.50 bits per heavy atom. The second-order valence-electron chi connectivity index (χ2n) is 2.87. The van der Waals surface area contributed by atoms with Gasteiger partial charge in [0.1, 0.15) is 4.90 Å². The molecule has 0 spiro atoms. The molecule has 0 heterocycles. The molecule has 5 nitrogen and oxygen atoms in total. The minimum Gasteiger partial charge on any atom is -0.324 e. The summed E-state index contributed by atoms with van der Waals surface area (Å²) in [5.41, 5.74) is 0.0689. The summed E-state index contributed by atoms with van der Waals surface area (Å²) in [5, 5.41) is 7.72. The predicted octanol–water partition coefficient (Wildman–Crippen LogP) is 1.32. The Hall–Kier alpha value is -0.630. The largest absolute Gasteiger partial charge is 0.324 e. The molecule has 0 aliphatic rings. The lowest BCUT2D eigenvalue weighted by molar-refractivity contribution is -0.113. The maximum Gasteiger partial charge on any atom is 0.240 e. The Kier molecular flexibility index (Phi) is 4.31. The van der Waals surface area contributed by atoms with Gasteiger partial charge in [-0.15, -0.1) is 0 Å². The van der Waals surface area contributed by atoms with Gasteiger partial charge in [0.2, 0.25) is 15.9 Å². The SMILES string of the molecule is NS(=O)(=O)c1ccc(Cl)cc1NC(=O)CBr. The van der Waals surface area contributed by atoms with Crippen molar-refractivity contribution in [2.24, 2.45) is 5.14 Å². The topological polar surface area (TPSA) is 89.3 Å². The maximum atomic E-state index is 11.2. The molecule has 1 aromatic rings. The fraction of sp³-hybridized carbons (Fsp3) is 0.125. The summed E-state index contributed by atoms with van der Waals surface area (Å²) < 4.78 is 22.4. The third kappa shape index (κ3) is 3.44. The first-order valence-electron chi connectivity index (χ1n) is 4.03. The molecule has 0 saturated heterocycles. The highest BCUT2D eigenvalue weighted by Gasteiger charge is 2.15. The van der Waals surface area contributed by atoms with Crippen LogP contribution in [-0.4, -0.2) is 19.7 Å². The number of benzene rings is 1. The third-order valence-electron chi connectivity index (χ3n) is 1.64. The molecule has 3 N–H and O–H groups in total. The summed E-state index contributed by atoms with van der Waals surface area (Å²) in [5.74, 6) is -0.396. The van der Waals surface area contributed by atoms with Gasteiger partial charge in [-0.2, -0.15) is 0 Å². The van der Waals surface area contributed by atoms with Crippen LogP contribution in [0, 0.1) is 0 Å². The lowest BCUT2D eigenvalue weighted by atomic mass is 10.3. The Balaban J connectivity index is 3.24. The molecule has 0 saturated carbocycles. The van der Waals surface area contributed by atoms with E-state index in [1.54, 1.807) is 0 Å². The number of primary sulfonamides is 1. The van der Waals surface area contributed by atoms with Crippen LogP contribution in [0.15, 0.2) is 23.1 Å². The molecule has 0 bridgehead atoms. The van der Waals surface area contributed by atoms with Crippen LogP contribution in [0.2, 0.25) is 5.02 Å². The molecule has 1 aromatic carbocycles. The van der Waals surface area contributed by atoms with Gasteiger partial charge in [-0.05, 0) is 18.2 Å². The number of rotatable bonds is 3. The third-order valence-corrected chi connectivity index (χ3v) is 3.36. The predicted molar refractivity (Wildman–Crippen MR) is 65.2 cm³/mol. The summed E-state index contributed by atoms with van der Waals surface area (Å²) in [4.78, 5) is 11.0. The van der Waals surface area contributed by atoms with Gasteiger partial charge < -0.3 is 5.32 Å². The second-order valence-corrected chi connectivity index (χ2v) is 5.39. The first-order valence-corrected chi connectivity index (χ1v) is 7.07. The second kappa shape index (κ2) is 5.13. The standard InChI is InChI=1S/C8H8BrClN2O3S/c9-4-8(13)12-6-3-5(10)1-2-7(6)16(11,14)15/h1-3H,4H2,(H,12,13)(H2,11,14,15).